The van der Waals surface area contributed by atoms with E-state index in [9.17, 15) is 0 Å². The van der Waals surface area contributed by atoms with Crippen LogP contribution < -0.4 is 0 Å². The van der Waals surface area contributed by atoms with Gasteiger partial charge in [-0.05, 0) is 48.9 Å². The first-order valence-corrected chi connectivity index (χ1v) is 10.8. The second-order valence-corrected chi connectivity index (χ2v) is 6.76. The first kappa shape index (κ1) is 27.8. The molecule has 0 aliphatic rings. The molecule has 176 valence electrons. The van der Waals surface area contributed by atoms with Crippen LogP contribution in [0.1, 0.15) is 5.56 Å². The van der Waals surface area contributed by atoms with Crippen LogP contribution in [0.3, 0.4) is 0 Å². The Labute approximate surface area is 196 Å². The molecule has 0 radical (unpaired) electrons. The molecule has 7 nitrogen and oxygen atoms in total. The summed E-state index contributed by atoms with van der Waals surface area (Å²) < 4.78 is 0. The molecule has 1 aromatic carbocycles. The third-order valence-corrected chi connectivity index (χ3v) is 4.17. The molecule has 3 heterocycles. The molecule has 3 aromatic heterocycles. The number of benzene rings is 1. The van der Waals surface area contributed by atoms with Gasteiger partial charge in [-0.3, -0.25) is 19.9 Å². The van der Waals surface area contributed by atoms with E-state index in [1.165, 1.54) is 10.9 Å². The summed E-state index contributed by atoms with van der Waals surface area (Å²) in [6.07, 6.45) is 8.88. The summed E-state index contributed by atoms with van der Waals surface area (Å²) in [5.74, 6) is 0. The lowest BCUT2D eigenvalue weighted by molar-refractivity contribution is 0.136. The van der Waals surface area contributed by atoms with Crippen LogP contribution in [0.15, 0.2) is 97.7 Å². The van der Waals surface area contributed by atoms with Gasteiger partial charge in [0.25, 0.3) is 0 Å². The molecule has 0 saturated carbocycles. The van der Waals surface area contributed by atoms with E-state index in [0.717, 1.165) is 5.52 Å². The van der Waals surface area contributed by atoms with Crippen molar-refractivity contribution < 1.29 is 15.3 Å². The van der Waals surface area contributed by atoms with E-state index in [0.29, 0.717) is 19.6 Å². The summed E-state index contributed by atoms with van der Waals surface area (Å²) in [4.78, 5) is 13.6. The third-order valence-electron chi connectivity index (χ3n) is 4.17. The van der Waals surface area contributed by atoms with Crippen molar-refractivity contribution in [2.75, 3.05) is 39.5 Å². The number of aryl methyl sites for hydroxylation is 1. The number of fused-ring (bicyclic) bond motifs is 1. The van der Waals surface area contributed by atoms with Gasteiger partial charge in [-0.15, -0.1) is 0 Å². The van der Waals surface area contributed by atoms with Gasteiger partial charge in [0, 0.05) is 56.0 Å². The number of hydrogen-bond acceptors (Lipinski definition) is 7. The molecule has 0 aliphatic carbocycles. The van der Waals surface area contributed by atoms with Crippen molar-refractivity contribution in [3.8, 4) is 0 Å². The number of aliphatic hydroxyl groups excluding tert-OH is 3. The average molecular weight is 451 g/mol. The van der Waals surface area contributed by atoms with Gasteiger partial charge in [0.15, 0.2) is 0 Å². The van der Waals surface area contributed by atoms with E-state index in [1.54, 1.807) is 29.7 Å². The molecule has 0 bridgehead atoms. The van der Waals surface area contributed by atoms with Crippen molar-refractivity contribution in [2.24, 2.45) is 0 Å². The minimum atomic E-state index is 0.0694. The fourth-order valence-electron chi connectivity index (χ4n) is 2.51. The summed E-state index contributed by atoms with van der Waals surface area (Å²) in [7, 11) is 0. The smallest absolute Gasteiger partial charge is 0.0701 e. The summed E-state index contributed by atoms with van der Waals surface area (Å²) in [6, 6.07) is 21.7. The number of hydrogen-bond donors (Lipinski definition) is 3. The molecular formula is C26H34N4O3. The standard InChI is InChI=1S/C9H7N.C6H15NO3.C6H7N.C5H5N/c1-2-6-9-8(4-1)5-3-7-10-9;8-4-1-7(2-5-9)3-6-10;1-6-2-4-7-5-3-6;1-2-4-6-5-3-1/h1-7H;8-10H,1-6H2;2-5H,1H3;1-5H. The summed E-state index contributed by atoms with van der Waals surface area (Å²) >= 11 is 0. The van der Waals surface area contributed by atoms with Gasteiger partial charge in [-0.2, -0.15) is 0 Å². The highest BCUT2D eigenvalue weighted by molar-refractivity contribution is 5.77. The SMILES string of the molecule is Cc1ccncc1.OCCN(CCO)CCO.c1ccc2ncccc2c1.c1ccncc1. The van der Waals surface area contributed by atoms with Crippen molar-refractivity contribution in [1.29, 1.82) is 0 Å². The van der Waals surface area contributed by atoms with Crippen molar-refractivity contribution in [3.05, 3.63) is 103 Å². The normalized spacial score (nSPS) is 9.61. The van der Waals surface area contributed by atoms with E-state index < -0.39 is 0 Å². The summed E-state index contributed by atoms with van der Waals surface area (Å²) in [6.45, 7) is 3.80. The highest BCUT2D eigenvalue weighted by Gasteiger charge is 2.00. The minimum absolute atomic E-state index is 0.0694. The lowest BCUT2D eigenvalue weighted by Crippen LogP contribution is -2.32. The second-order valence-electron chi connectivity index (χ2n) is 6.76. The summed E-state index contributed by atoms with van der Waals surface area (Å²) in [5, 5.41) is 26.7. The van der Waals surface area contributed by atoms with E-state index >= 15 is 0 Å². The first-order valence-electron chi connectivity index (χ1n) is 10.8. The van der Waals surface area contributed by atoms with Gasteiger partial charge < -0.3 is 15.3 Å². The Morgan fingerprint density at radius 1 is 0.606 bits per heavy atom. The van der Waals surface area contributed by atoms with Crippen LogP contribution in [0.5, 0.6) is 0 Å². The first-order chi connectivity index (χ1) is 16.2. The quantitative estimate of drug-likeness (QED) is 0.415. The molecule has 4 aromatic rings. The summed E-state index contributed by atoms with van der Waals surface area (Å²) in [5.41, 5.74) is 2.32. The molecule has 33 heavy (non-hydrogen) atoms. The predicted octanol–water partition coefficient (Wildman–Crippen LogP) is 2.97. The van der Waals surface area contributed by atoms with Crippen LogP contribution in [0, 0.1) is 6.92 Å². The van der Waals surface area contributed by atoms with Crippen LogP contribution in [0.25, 0.3) is 10.9 Å². The average Bonchev–Trinajstić information content (AvgIpc) is 2.87. The number of para-hydroxylation sites is 1. The molecule has 0 saturated heterocycles. The Balaban J connectivity index is 0.000000225. The molecule has 4 rings (SSSR count). The van der Waals surface area contributed by atoms with Crippen molar-refractivity contribution >= 4 is 10.9 Å². The van der Waals surface area contributed by atoms with Crippen LogP contribution in [0.4, 0.5) is 0 Å². The van der Waals surface area contributed by atoms with Gasteiger partial charge in [0.05, 0.1) is 25.3 Å². The van der Waals surface area contributed by atoms with Gasteiger partial charge in [0.2, 0.25) is 0 Å². The number of nitrogens with zero attached hydrogens (tertiary/aromatic N) is 4. The van der Waals surface area contributed by atoms with E-state index in [4.69, 9.17) is 15.3 Å². The molecule has 0 unspecified atom stereocenters. The van der Waals surface area contributed by atoms with Crippen LogP contribution in [-0.2, 0) is 0 Å². The largest absolute Gasteiger partial charge is 0.395 e. The van der Waals surface area contributed by atoms with Crippen molar-refractivity contribution in [1.82, 2.24) is 19.9 Å². The monoisotopic (exact) mass is 450 g/mol. The van der Waals surface area contributed by atoms with E-state index in [1.807, 2.05) is 67.7 Å². The number of pyridine rings is 3. The molecule has 0 atom stereocenters. The van der Waals surface area contributed by atoms with Crippen LogP contribution in [0.2, 0.25) is 0 Å². The topological polar surface area (TPSA) is 103 Å². The van der Waals surface area contributed by atoms with Gasteiger partial charge in [-0.25, -0.2) is 0 Å². The second kappa shape index (κ2) is 19.5. The maximum atomic E-state index is 8.48. The zero-order valence-electron chi connectivity index (χ0n) is 19.1. The van der Waals surface area contributed by atoms with Gasteiger partial charge in [-0.1, -0.05) is 30.3 Å². The Kier molecular flexibility index (Phi) is 16.4. The maximum Gasteiger partial charge on any atom is 0.0701 e. The van der Waals surface area contributed by atoms with Crippen molar-refractivity contribution in [2.45, 2.75) is 6.92 Å². The fourth-order valence-corrected chi connectivity index (χ4v) is 2.51. The lowest BCUT2D eigenvalue weighted by atomic mass is 10.2. The van der Waals surface area contributed by atoms with E-state index in [-0.39, 0.29) is 19.8 Å². The number of rotatable bonds is 6. The zero-order chi connectivity index (χ0) is 24.0. The highest BCUT2D eigenvalue weighted by atomic mass is 16.3. The van der Waals surface area contributed by atoms with Gasteiger partial charge in [0.1, 0.15) is 0 Å². The fraction of sp³-hybridized carbons (Fsp3) is 0.269. The molecule has 3 N–H and O–H groups in total. The molecule has 0 aliphatic heterocycles. The Hall–Kier alpha value is -3.23. The molecular weight excluding hydrogens is 416 g/mol. The van der Waals surface area contributed by atoms with Crippen LogP contribution >= 0.6 is 0 Å². The number of aromatic nitrogens is 3. The Bertz CT molecular complexity index is 837. The minimum Gasteiger partial charge on any atom is -0.395 e. The maximum absolute atomic E-state index is 8.48. The highest BCUT2D eigenvalue weighted by Crippen LogP contribution is 2.07. The Morgan fingerprint density at radius 3 is 1.58 bits per heavy atom. The number of aliphatic hydroxyl groups is 3. The molecule has 0 spiro atoms. The van der Waals surface area contributed by atoms with E-state index in [2.05, 4.69) is 27.1 Å². The molecule has 0 amide bonds. The Morgan fingerprint density at radius 2 is 1.15 bits per heavy atom. The van der Waals surface area contributed by atoms with Crippen molar-refractivity contribution in [3.63, 3.8) is 0 Å². The molecule has 0 fully saturated rings. The van der Waals surface area contributed by atoms with Crippen LogP contribution in [-0.4, -0.2) is 74.6 Å². The lowest BCUT2D eigenvalue weighted by Gasteiger charge is -2.17. The zero-order valence-corrected chi connectivity index (χ0v) is 19.1. The third kappa shape index (κ3) is 14.5. The molecule has 7 heteroatoms. The predicted molar refractivity (Wildman–Crippen MR) is 133 cm³/mol. The van der Waals surface area contributed by atoms with Gasteiger partial charge >= 0.3 is 0 Å².